The molecule has 0 radical (unpaired) electrons. The largest absolute Gasteiger partial charge is 0.454 e. The van der Waals surface area contributed by atoms with Crippen molar-refractivity contribution >= 4 is 49.0 Å². The lowest BCUT2D eigenvalue weighted by Crippen LogP contribution is -2.42. The van der Waals surface area contributed by atoms with Crippen LogP contribution < -0.4 is 9.88 Å². The van der Waals surface area contributed by atoms with Gasteiger partial charge in [-0.25, -0.2) is 26.8 Å². The van der Waals surface area contributed by atoms with Crippen molar-refractivity contribution in [1.29, 1.82) is 0 Å². The number of primary sulfonamides is 1. The predicted octanol–water partition coefficient (Wildman–Crippen LogP) is 2.69. The van der Waals surface area contributed by atoms with Crippen LogP contribution in [0.5, 0.6) is 5.75 Å². The third-order valence-electron chi connectivity index (χ3n) is 6.55. The molecule has 39 heavy (non-hydrogen) atoms. The number of nitrogens with zero attached hydrogens (tertiary/aromatic N) is 1. The first-order valence-electron chi connectivity index (χ1n) is 12.1. The fourth-order valence-corrected chi connectivity index (χ4v) is 8.98. The summed E-state index contributed by atoms with van der Waals surface area (Å²) in [4.78, 5) is 38.5. The van der Waals surface area contributed by atoms with Crippen molar-refractivity contribution in [3.05, 3.63) is 41.5 Å². The summed E-state index contributed by atoms with van der Waals surface area (Å²) in [5, 5.41) is 4.44. The number of carbonyl (C=O) groups excluding carboxylic acids is 3. The van der Waals surface area contributed by atoms with Gasteiger partial charge in [-0.05, 0) is 32.4 Å². The van der Waals surface area contributed by atoms with E-state index in [-0.39, 0.29) is 45.0 Å². The number of carbonyl (C=O) groups is 3. The summed E-state index contributed by atoms with van der Waals surface area (Å²) in [5.74, 6) is -1.48. The number of benzene rings is 1. The Morgan fingerprint density at radius 3 is 2.44 bits per heavy atom. The van der Waals surface area contributed by atoms with Gasteiger partial charge in [0.15, 0.2) is 16.4 Å². The van der Waals surface area contributed by atoms with Crippen molar-refractivity contribution in [3.8, 4) is 5.75 Å². The molecule has 2 N–H and O–H groups in total. The molecule has 1 aliphatic heterocycles. The van der Waals surface area contributed by atoms with Gasteiger partial charge >= 0.3 is 11.9 Å². The molecule has 1 aliphatic rings. The summed E-state index contributed by atoms with van der Waals surface area (Å²) < 4.78 is 59.7. The number of hydrogen-bond acceptors (Lipinski definition) is 10. The van der Waals surface area contributed by atoms with E-state index in [4.69, 9.17) is 14.6 Å². The second kappa shape index (κ2) is 11.4. The quantitative estimate of drug-likeness (QED) is 0.336. The molecule has 214 valence electrons. The van der Waals surface area contributed by atoms with E-state index in [9.17, 15) is 31.2 Å². The molecule has 1 aromatic heterocycles. The first-order chi connectivity index (χ1) is 18.0. The summed E-state index contributed by atoms with van der Waals surface area (Å²) in [7, 11) is -7.93. The van der Waals surface area contributed by atoms with Crippen LogP contribution in [0.4, 0.5) is 0 Å². The Kier molecular flexibility index (Phi) is 8.95. The topological polar surface area (TPSA) is 167 Å². The van der Waals surface area contributed by atoms with E-state index in [1.54, 1.807) is 49.9 Å². The molecule has 11 nitrogen and oxygen atoms in total. The van der Waals surface area contributed by atoms with Crippen LogP contribution in [0.2, 0.25) is 0 Å². The lowest BCUT2D eigenvalue weighted by Gasteiger charge is -2.38. The van der Waals surface area contributed by atoms with Crippen LogP contribution in [-0.2, 0) is 44.4 Å². The number of rotatable bonds is 9. The minimum atomic E-state index is -4.15. The Morgan fingerprint density at radius 2 is 1.85 bits per heavy atom. The van der Waals surface area contributed by atoms with Crippen LogP contribution in [0, 0.1) is 0 Å². The molecular formula is C25H32N2O9S3. The van der Waals surface area contributed by atoms with Crippen LogP contribution in [-0.4, -0.2) is 58.0 Å². The third-order valence-corrected chi connectivity index (χ3v) is 11.9. The molecule has 3 rings (SSSR count). The molecule has 2 heterocycles. The SMILES string of the molecule is CCN(C(=O)CC(C)(C)c1ccccc1OC(=O)COC(C)=O)[C@H]1C[C@H](C)S(=O)(=O)c2sc(S(N)(=O)=O)cc21. The molecule has 2 aromatic rings. The Bertz CT molecular complexity index is 1490. The lowest BCUT2D eigenvalue weighted by molar-refractivity contribution is -0.152. The number of nitrogens with two attached hydrogens (primary N) is 1. The van der Waals surface area contributed by atoms with E-state index < -0.39 is 55.1 Å². The summed E-state index contributed by atoms with van der Waals surface area (Å²) in [6.07, 6.45) is 0.0684. The fraction of sp³-hybridized carbons (Fsp3) is 0.480. The van der Waals surface area contributed by atoms with Gasteiger partial charge in [0, 0.05) is 36.4 Å². The molecule has 1 amide bonds. The maximum absolute atomic E-state index is 13.7. The van der Waals surface area contributed by atoms with Gasteiger partial charge in [-0.2, -0.15) is 0 Å². The summed E-state index contributed by atoms with van der Waals surface area (Å²) in [5.41, 5.74) is -0.0221. The van der Waals surface area contributed by atoms with Gasteiger partial charge in [-0.3, -0.25) is 9.59 Å². The highest BCUT2D eigenvalue weighted by atomic mass is 32.3. The van der Waals surface area contributed by atoms with Crippen LogP contribution in [0.15, 0.2) is 38.8 Å². The number of fused-ring (bicyclic) bond motifs is 1. The minimum absolute atomic E-state index is 0.0293. The van der Waals surface area contributed by atoms with E-state index in [2.05, 4.69) is 0 Å². The second-order valence-corrected chi connectivity index (χ2v) is 15.4. The van der Waals surface area contributed by atoms with Crippen molar-refractivity contribution < 1.29 is 40.7 Å². The first kappa shape index (κ1) is 30.7. The maximum atomic E-state index is 13.7. The van der Waals surface area contributed by atoms with Gasteiger partial charge in [-0.1, -0.05) is 32.0 Å². The monoisotopic (exact) mass is 600 g/mol. The van der Waals surface area contributed by atoms with Crippen molar-refractivity contribution in [2.24, 2.45) is 5.14 Å². The number of sulfonamides is 1. The first-order valence-corrected chi connectivity index (χ1v) is 16.0. The molecule has 0 aliphatic carbocycles. The smallest absolute Gasteiger partial charge is 0.349 e. The van der Waals surface area contributed by atoms with Crippen molar-refractivity contribution in [2.75, 3.05) is 13.2 Å². The van der Waals surface area contributed by atoms with Crippen LogP contribution in [0.1, 0.15) is 64.6 Å². The molecule has 0 saturated carbocycles. The molecule has 1 aromatic carbocycles. The fourth-order valence-electron chi connectivity index (χ4n) is 4.58. The molecule has 0 unspecified atom stereocenters. The number of sulfone groups is 1. The van der Waals surface area contributed by atoms with Gasteiger partial charge in [0.2, 0.25) is 15.9 Å². The molecule has 0 spiro atoms. The van der Waals surface area contributed by atoms with E-state index in [1.807, 2.05) is 0 Å². The maximum Gasteiger partial charge on any atom is 0.349 e. The molecule has 0 bridgehead atoms. The average molecular weight is 601 g/mol. The number of ether oxygens (including phenoxy) is 2. The molecule has 0 fully saturated rings. The molecule has 14 heteroatoms. The number of esters is 2. The normalized spacial score (nSPS) is 18.6. The second-order valence-electron chi connectivity index (χ2n) is 9.95. The van der Waals surface area contributed by atoms with E-state index >= 15 is 0 Å². The Balaban J connectivity index is 1.92. The van der Waals surface area contributed by atoms with Crippen LogP contribution in [0.25, 0.3) is 0 Å². The molecular weight excluding hydrogens is 568 g/mol. The van der Waals surface area contributed by atoms with E-state index in [0.29, 0.717) is 16.9 Å². The number of thiophene rings is 1. The van der Waals surface area contributed by atoms with Gasteiger partial charge in [0.05, 0.1) is 11.3 Å². The van der Waals surface area contributed by atoms with Gasteiger partial charge in [0.1, 0.15) is 14.2 Å². The highest BCUT2D eigenvalue weighted by molar-refractivity contribution is 7.95. The van der Waals surface area contributed by atoms with E-state index in [0.717, 1.165) is 0 Å². The zero-order valence-electron chi connectivity index (χ0n) is 22.3. The zero-order chi connectivity index (χ0) is 29.3. The lowest BCUT2D eigenvalue weighted by atomic mass is 9.80. The van der Waals surface area contributed by atoms with Gasteiger partial charge in [0.25, 0.3) is 0 Å². The van der Waals surface area contributed by atoms with Crippen molar-refractivity contribution in [3.63, 3.8) is 0 Å². The van der Waals surface area contributed by atoms with E-state index in [1.165, 1.54) is 19.9 Å². The van der Waals surface area contributed by atoms with Crippen LogP contribution in [0.3, 0.4) is 0 Å². The zero-order valence-corrected chi connectivity index (χ0v) is 24.7. The van der Waals surface area contributed by atoms with Crippen molar-refractivity contribution in [2.45, 2.75) is 72.6 Å². The summed E-state index contributed by atoms with van der Waals surface area (Å²) in [6, 6.07) is 7.29. The highest BCUT2D eigenvalue weighted by Gasteiger charge is 2.43. The Hall–Kier alpha value is -2.81. The average Bonchev–Trinajstić information content (AvgIpc) is 3.29. The third kappa shape index (κ3) is 6.68. The highest BCUT2D eigenvalue weighted by Crippen LogP contribution is 2.45. The van der Waals surface area contributed by atoms with Crippen LogP contribution >= 0.6 is 11.3 Å². The Labute approximate surface area is 232 Å². The van der Waals surface area contributed by atoms with Gasteiger partial charge < -0.3 is 14.4 Å². The van der Waals surface area contributed by atoms with Gasteiger partial charge in [-0.15, -0.1) is 11.3 Å². The summed E-state index contributed by atoms with van der Waals surface area (Å²) >= 11 is 0.601. The standard InChI is InChI=1S/C25H32N2O9S3/c1-6-27(19-11-15(2)38(31,32)24-17(19)12-23(37-24)39(26,33)34)21(29)13-25(4,5)18-9-7-8-10-20(18)36-22(30)14-35-16(3)28/h7-10,12,15,19H,6,11,13-14H2,1-5H3,(H2,26,33,34)/t15-,19-/m0/s1. The Morgan fingerprint density at radius 1 is 1.21 bits per heavy atom. The number of para-hydroxylation sites is 1. The number of hydrogen-bond donors (Lipinski definition) is 1. The molecule has 0 saturated heterocycles. The molecule has 2 atom stereocenters. The number of amides is 1. The van der Waals surface area contributed by atoms with Crippen molar-refractivity contribution in [1.82, 2.24) is 4.90 Å². The predicted molar refractivity (Wildman–Crippen MR) is 143 cm³/mol. The summed E-state index contributed by atoms with van der Waals surface area (Å²) in [6.45, 7) is 7.76. The minimum Gasteiger partial charge on any atom is -0.454 e.